The second-order valence-corrected chi connectivity index (χ2v) is 6.66. The van der Waals surface area contributed by atoms with E-state index in [1.165, 1.54) is 12.1 Å². The Balaban J connectivity index is 1.68. The van der Waals surface area contributed by atoms with Gasteiger partial charge in [-0.05, 0) is 50.1 Å². The van der Waals surface area contributed by atoms with E-state index in [1.807, 2.05) is 25.1 Å². The molecule has 3 heterocycles. The molecule has 0 bridgehead atoms. The molecule has 0 unspecified atom stereocenters. The average Bonchev–Trinajstić information content (AvgIpc) is 3.17. The molecular formula is C19H22N4O. The van der Waals surface area contributed by atoms with Gasteiger partial charge < -0.3 is 9.55 Å². The summed E-state index contributed by atoms with van der Waals surface area (Å²) in [6, 6.07) is 10.4. The topological polar surface area (TPSA) is 53.9 Å². The van der Waals surface area contributed by atoms with Crippen molar-refractivity contribution in [3.63, 3.8) is 0 Å². The normalized spacial score (nSPS) is 18.5. The maximum Gasteiger partial charge on any atom is 0.258 e. The van der Waals surface area contributed by atoms with Crippen molar-refractivity contribution < 1.29 is 0 Å². The van der Waals surface area contributed by atoms with Gasteiger partial charge in [-0.1, -0.05) is 12.1 Å². The number of para-hydroxylation sites is 1. The minimum absolute atomic E-state index is 0.0479. The standard InChI is InChI=1S/C19H22N4O/c1-13-6-3-7-14-18(13)20-17(21-19(14)24)12-23-11-5-9-16(23)15-8-4-10-22(15)2/h3-4,6-8,10,16H,5,9,11-12H2,1-2H3,(H,20,21,24)/t16-/m1/s1. The third kappa shape index (κ3) is 2.55. The van der Waals surface area contributed by atoms with E-state index in [2.05, 4.69) is 39.8 Å². The number of rotatable bonds is 3. The van der Waals surface area contributed by atoms with Crippen LogP contribution in [-0.2, 0) is 13.6 Å². The summed E-state index contributed by atoms with van der Waals surface area (Å²) in [7, 11) is 2.09. The Labute approximate surface area is 140 Å². The Morgan fingerprint density at radius 2 is 2.17 bits per heavy atom. The molecule has 0 spiro atoms. The number of benzene rings is 1. The minimum Gasteiger partial charge on any atom is -0.353 e. The summed E-state index contributed by atoms with van der Waals surface area (Å²) >= 11 is 0. The fraction of sp³-hybridized carbons (Fsp3) is 0.368. The van der Waals surface area contributed by atoms with Gasteiger partial charge in [0.2, 0.25) is 0 Å². The number of likely N-dealkylation sites (tertiary alicyclic amines) is 1. The molecule has 24 heavy (non-hydrogen) atoms. The van der Waals surface area contributed by atoms with Crippen LogP contribution in [0.4, 0.5) is 0 Å². The van der Waals surface area contributed by atoms with E-state index in [9.17, 15) is 4.79 Å². The van der Waals surface area contributed by atoms with E-state index in [1.54, 1.807) is 0 Å². The molecule has 1 aromatic carbocycles. The van der Waals surface area contributed by atoms with E-state index >= 15 is 0 Å². The molecule has 1 fully saturated rings. The van der Waals surface area contributed by atoms with Crippen LogP contribution in [0.5, 0.6) is 0 Å². The highest BCUT2D eigenvalue weighted by Crippen LogP contribution is 2.32. The lowest BCUT2D eigenvalue weighted by Crippen LogP contribution is -2.26. The van der Waals surface area contributed by atoms with Crippen molar-refractivity contribution in [2.45, 2.75) is 32.4 Å². The summed E-state index contributed by atoms with van der Waals surface area (Å²) in [6.45, 7) is 3.71. The first-order valence-corrected chi connectivity index (χ1v) is 8.47. The molecule has 1 aliphatic heterocycles. The van der Waals surface area contributed by atoms with Gasteiger partial charge in [-0.25, -0.2) is 4.98 Å². The predicted octanol–water partition coefficient (Wildman–Crippen LogP) is 2.91. The Morgan fingerprint density at radius 1 is 1.29 bits per heavy atom. The molecule has 1 aliphatic rings. The molecule has 5 nitrogen and oxygen atoms in total. The molecule has 0 amide bonds. The van der Waals surface area contributed by atoms with Crippen molar-refractivity contribution in [2.75, 3.05) is 6.54 Å². The van der Waals surface area contributed by atoms with Gasteiger partial charge in [0.25, 0.3) is 5.56 Å². The van der Waals surface area contributed by atoms with Crippen LogP contribution in [0, 0.1) is 6.92 Å². The maximum atomic E-state index is 12.4. The second kappa shape index (κ2) is 5.91. The Hall–Kier alpha value is -2.40. The van der Waals surface area contributed by atoms with Crippen LogP contribution in [0.25, 0.3) is 10.9 Å². The van der Waals surface area contributed by atoms with Crippen LogP contribution < -0.4 is 5.56 Å². The Bertz CT molecular complexity index is 940. The van der Waals surface area contributed by atoms with Gasteiger partial charge in [0, 0.05) is 18.9 Å². The quantitative estimate of drug-likeness (QED) is 0.807. The molecule has 0 saturated carbocycles. The fourth-order valence-corrected chi connectivity index (χ4v) is 3.79. The summed E-state index contributed by atoms with van der Waals surface area (Å²) in [6.07, 6.45) is 4.41. The first kappa shape index (κ1) is 15.1. The van der Waals surface area contributed by atoms with E-state index in [-0.39, 0.29) is 5.56 Å². The number of nitrogens with one attached hydrogen (secondary N) is 1. The molecule has 0 aliphatic carbocycles. The van der Waals surface area contributed by atoms with Gasteiger partial charge in [0.15, 0.2) is 0 Å². The van der Waals surface area contributed by atoms with Gasteiger partial charge in [-0.2, -0.15) is 0 Å². The van der Waals surface area contributed by atoms with Gasteiger partial charge in [0.05, 0.1) is 23.5 Å². The lowest BCUT2D eigenvalue weighted by molar-refractivity contribution is 0.235. The number of aryl methyl sites for hydroxylation is 2. The first-order valence-electron chi connectivity index (χ1n) is 8.47. The van der Waals surface area contributed by atoms with Crippen LogP contribution in [-0.4, -0.2) is 26.0 Å². The van der Waals surface area contributed by atoms with Crippen molar-refractivity contribution in [1.82, 2.24) is 19.4 Å². The number of hydrogen-bond donors (Lipinski definition) is 1. The number of aromatic nitrogens is 3. The third-order valence-corrected chi connectivity index (χ3v) is 5.03. The van der Waals surface area contributed by atoms with E-state index < -0.39 is 0 Å². The zero-order chi connectivity index (χ0) is 16.7. The number of hydrogen-bond acceptors (Lipinski definition) is 3. The van der Waals surface area contributed by atoms with E-state index in [4.69, 9.17) is 4.98 Å². The van der Waals surface area contributed by atoms with Crippen LogP contribution >= 0.6 is 0 Å². The van der Waals surface area contributed by atoms with Gasteiger partial charge >= 0.3 is 0 Å². The molecule has 1 saturated heterocycles. The van der Waals surface area contributed by atoms with Crippen LogP contribution in [0.1, 0.15) is 36.0 Å². The van der Waals surface area contributed by atoms with E-state index in [0.717, 1.165) is 29.9 Å². The summed E-state index contributed by atoms with van der Waals surface area (Å²) in [5.74, 6) is 0.753. The zero-order valence-corrected chi connectivity index (χ0v) is 14.1. The fourth-order valence-electron chi connectivity index (χ4n) is 3.79. The predicted molar refractivity (Wildman–Crippen MR) is 94.9 cm³/mol. The summed E-state index contributed by atoms with van der Waals surface area (Å²) in [5, 5.41) is 0.666. The van der Waals surface area contributed by atoms with Crippen molar-refractivity contribution in [3.8, 4) is 0 Å². The minimum atomic E-state index is -0.0479. The number of H-pyrrole nitrogens is 1. The Kier molecular flexibility index (Phi) is 3.73. The highest BCUT2D eigenvalue weighted by Gasteiger charge is 2.28. The third-order valence-electron chi connectivity index (χ3n) is 5.03. The number of aromatic amines is 1. The molecule has 1 atom stereocenters. The first-order chi connectivity index (χ1) is 11.6. The largest absolute Gasteiger partial charge is 0.353 e. The van der Waals surface area contributed by atoms with Gasteiger partial charge in [-0.15, -0.1) is 0 Å². The lowest BCUT2D eigenvalue weighted by atomic mass is 10.1. The van der Waals surface area contributed by atoms with Crippen LogP contribution in [0.2, 0.25) is 0 Å². The van der Waals surface area contributed by atoms with Crippen LogP contribution in [0.3, 0.4) is 0 Å². The molecule has 1 N–H and O–H groups in total. The molecule has 3 aromatic rings. The monoisotopic (exact) mass is 322 g/mol. The molecule has 2 aromatic heterocycles. The summed E-state index contributed by atoms with van der Waals surface area (Å²) in [5.41, 5.74) is 3.13. The molecule has 0 radical (unpaired) electrons. The highest BCUT2D eigenvalue weighted by atomic mass is 16.1. The van der Waals surface area contributed by atoms with Crippen molar-refractivity contribution in [3.05, 3.63) is 64.0 Å². The van der Waals surface area contributed by atoms with Crippen LogP contribution in [0.15, 0.2) is 41.3 Å². The van der Waals surface area contributed by atoms with Crippen molar-refractivity contribution in [2.24, 2.45) is 7.05 Å². The van der Waals surface area contributed by atoms with Gasteiger partial charge in [0.1, 0.15) is 5.82 Å². The van der Waals surface area contributed by atoms with Crippen molar-refractivity contribution in [1.29, 1.82) is 0 Å². The molecule has 4 rings (SSSR count). The number of fused-ring (bicyclic) bond motifs is 1. The lowest BCUT2D eigenvalue weighted by Gasteiger charge is -2.24. The Morgan fingerprint density at radius 3 is 2.96 bits per heavy atom. The second-order valence-electron chi connectivity index (χ2n) is 6.66. The highest BCUT2D eigenvalue weighted by molar-refractivity contribution is 5.80. The molecular weight excluding hydrogens is 300 g/mol. The summed E-state index contributed by atoms with van der Waals surface area (Å²) < 4.78 is 2.18. The average molecular weight is 322 g/mol. The molecule has 5 heteroatoms. The SMILES string of the molecule is Cc1cccc2c(=O)[nH]c(CN3CCC[C@@H]3c3cccn3C)nc12. The summed E-state index contributed by atoms with van der Waals surface area (Å²) in [4.78, 5) is 22.5. The smallest absolute Gasteiger partial charge is 0.258 e. The van der Waals surface area contributed by atoms with Gasteiger partial charge in [-0.3, -0.25) is 9.69 Å². The zero-order valence-electron chi connectivity index (χ0n) is 14.1. The maximum absolute atomic E-state index is 12.4. The van der Waals surface area contributed by atoms with Crippen molar-refractivity contribution >= 4 is 10.9 Å². The number of nitrogens with zero attached hydrogens (tertiary/aromatic N) is 3. The molecule has 124 valence electrons. The van der Waals surface area contributed by atoms with E-state index in [0.29, 0.717) is 18.0 Å².